The van der Waals surface area contributed by atoms with E-state index in [1.165, 1.54) is 31.5 Å². The lowest BCUT2D eigenvalue weighted by molar-refractivity contribution is -0.127. The van der Waals surface area contributed by atoms with Gasteiger partial charge in [-0.25, -0.2) is 0 Å². The Bertz CT molecular complexity index is 563. The third kappa shape index (κ3) is 5.23. The highest BCUT2D eigenvalue weighted by Gasteiger charge is 2.19. The van der Waals surface area contributed by atoms with Gasteiger partial charge in [0.25, 0.3) is 5.91 Å². The number of nitrogens with zero attached hydrogens (tertiary/aromatic N) is 1. The summed E-state index contributed by atoms with van der Waals surface area (Å²) in [5.41, 5.74) is 3.45. The van der Waals surface area contributed by atoms with Crippen LogP contribution in [0.4, 0.5) is 0 Å². The van der Waals surface area contributed by atoms with E-state index in [0.717, 1.165) is 35.8 Å². The Hall–Kier alpha value is -1.55. The Morgan fingerprint density at radius 3 is 2.62 bits per heavy atom. The number of hydrogen-bond donors (Lipinski definition) is 1. The highest BCUT2D eigenvalue weighted by molar-refractivity contribution is 5.80. The van der Waals surface area contributed by atoms with Crippen molar-refractivity contribution in [2.24, 2.45) is 5.92 Å². The molecule has 0 aromatic heterocycles. The SMILES string of the molecule is Cc1cc(C)c(C)c(OC(C)C(=O)NCCC2CCN(C)CC2)c1. The van der Waals surface area contributed by atoms with Gasteiger partial charge in [0.1, 0.15) is 5.75 Å². The van der Waals surface area contributed by atoms with Gasteiger partial charge in [0, 0.05) is 6.54 Å². The molecule has 0 aliphatic carbocycles. The maximum Gasteiger partial charge on any atom is 0.260 e. The third-order valence-electron chi connectivity index (χ3n) is 5.13. The number of nitrogens with one attached hydrogen (secondary N) is 1. The largest absolute Gasteiger partial charge is 0.481 e. The number of benzene rings is 1. The van der Waals surface area contributed by atoms with Crippen LogP contribution in [-0.2, 0) is 4.79 Å². The molecule has 4 heteroatoms. The lowest BCUT2D eigenvalue weighted by Gasteiger charge is -2.29. The number of piperidine rings is 1. The van der Waals surface area contributed by atoms with Crippen LogP contribution in [0.5, 0.6) is 5.75 Å². The molecule has 1 aliphatic heterocycles. The molecule has 134 valence electrons. The highest BCUT2D eigenvalue weighted by atomic mass is 16.5. The fourth-order valence-electron chi connectivity index (χ4n) is 3.26. The summed E-state index contributed by atoms with van der Waals surface area (Å²) in [5, 5.41) is 3.03. The molecule has 1 amide bonds. The van der Waals surface area contributed by atoms with Crippen molar-refractivity contribution in [1.29, 1.82) is 0 Å². The molecule has 1 heterocycles. The molecule has 1 aromatic rings. The first-order valence-electron chi connectivity index (χ1n) is 9.07. The van der Waals surface area contributed by atoms with Gasteiger partial charge in [0.2, 0.25) is 0 Å². The smallest absolute Gasteiger partial charge is 0.260 e. The van der Waals surface area contributed by atoms with Gasteiger partial charge in [-0.1, -0.05) is 6.07 Å². The zero-order valence-electron chi connectivity index (χ0n) is 15.8. The number of ether oxygens (including phenoxy) is 1. The fraction of sp³-hybridized carbons (Fsp3) is 0.650. The van der Waals surface area contributed by atoms with Crippen LogP contribution in [0.15, 0.2) is 12.1 Å². The Balaban J connectivity index is 1.78. The maximum absolute atomic E-state index is 12.3. The zero-order valence-corrected chi connectivity index (χ0v) is 15.8. The summed E-state index contributed by atoms with van der Waals surface area (Å²) >= 11 is 0. The van der Waals surface area contributed by atoms with E-state index in [2.05, 4.69) is 30.3 Å². The average molecular weight is 332 g/mol. The van der Waals surface area contributed by atoms with Crippen LogP contribution in [0.25, 0.3) is 0 Å². The van der Waals surface area contributed by atoms with Crippen molar-refractivity contribution in [3.63, 3.8) is 0 Å². The van der Waals surface area contributed by atoms with Crippen LogP contribution in [0.3, 0.4) is 0 Å². The summed E-state index contributed by atoms with van der Waals surface area (Å²) in [6.07, 6.45) is 3.07. The van der Waals surface area contributed by atoms with Crippen LogP contribution in [0.1, 0.15) is 42.9 Å². The molecule has 2 rings (SSSR count). The summed E-state index contributed by atoms with van der Waals surface area (Å²) in [6.45, 7) is 11.1. The zero-order chi connectivity index (χ0) is 17.7. The lowest BCUT2D eigenvalue weighted by atomic mass is 9.94. The summed E-state index contributed by atoms with van der Waals surface area (Å²) in [4.78, 5) is 14.7. The quantitative estimate of drug-likeness (QED) is 0.869. The van der Waals surface area contributed by atoms with Gasteiger partial charge in [-0.3, -0.25) is 4.79 Å². The van der Waals surface area contributed by atoms with E-state index in [4.69, 9.17) is 4.74 Å². The van der Waals surface area contributed by atoms with Crippen molar-refractivity contribution < 1.29 is 9.53 Å². The van der Waals surface area contributed by atoms with E-state index in [-0.39, 0.29) is 5.91 Å². The van der Waals surface area contributed by atoms with Crippen LogP contribution in [0.2, 0.25) is 0 Å². The molecule has 24 heavy (non-hydrogen) atoms. The first-order valence-corrected chi connectivity index (χ1v) is 9.07. The monoisotopic (exact) mass is 332 g/mol. The predicted molar refractivity (Wildman–Crippen MR) is 98.6 cm³/mol. The van der Waals surface area contributed by atoms with Crippen LogP contribution in [0, 0.1) is 26.7 Å². The number of likely N-dealkylation sites (tertiary alicyclic amines) is 1. The molecule has 1 aromatic carbocycles. The summed E-state index contributed by atoms with van der Waals surface area (Å²) in [5.74, 6) is 1.52. The summed E-state index contributed by atoms with van der Waals surface area (Å²) in [6, 6.07) is 4.14. The van der Waals surface area contributed by atoms with Gasteiger partial charge in [-0.2, -0.15) is 0 Å². The third-order valence-corrected chi connectivity index (χ3v) is 5.13. The first-order chi connectivity index (χ1) is 11.4. The number of amides is 1. The average Bonchev–Trinajstić information content (AvgIpc) is 2.53. The molecule has 1 saturated heterocycles. The minimum atomic E-state index is -0.470. The standard InChI is InChI=1S/C20H32N2O2/c1-14-12-15(2)16(3)19(13-14)24-17(4)20(23)21-9-6-18-7-10-22(5)11-8-18/h12-13,17-18H,6-11H2,1-5H3,(H,21,23). The maximum atomic E-state index is 12.3. The van der Waals surface area contributed by atoms with E-state index in [1.54, 1.807) is 0 Å². The van der Waals surface area contributed by atoms with E-state index in [9.17, 15) is 4.79 Å². The molecule has 1 aliphatic rings. The molecule has 0 bridgehead atoms. The molecule has 0 spiro atoms. The summed E-state index contributed by atoms with van der Waals surface area (Å²) < 4.78 is 5.91. The van der Waals surface area contributed by atoms with Crippen LogP contribution in [-0.4, -0.2) is 43.6 Å². The topological polar surface area (TPSA) is 41.6 Å². The highest BCUT2D eigenvalue weighted by Crippen LogP contribution is 2.24. The van der Waals surface area contributed by atoms with Gasteiger partial charge < -0.3 is 15.0 Å². The molecular formula is C20H32N2O2. The second-order valence-electron chi connectivity index (χ2n) is 7.29. The second-order valence-corrected chi connectivity index (χ2v) is 7.29. The molecule has 1 fully saturated rings. The van der Waals surface area contributed by atoms with Gasteiger partial charge in [0.05, 0.1) is 0 Å². The fourth-order valence-corrected chi connectivity index (χ4v) is 3.26. The van der Waals surface area contributed by atoms with Gasteiger partial charge in [-0.05, 0) is 95.8 Å². The molecule has 1 N–H and O–H groups in total. The predicted octanol–water partition coefficient (Wildman–Crippen LogP) is 3.23. The van der Waals surface area contributed by atoms with E-state index in [1.807, 2.05) is 26.8 Å². The second kappa shape index (κ2) is 8.52. The first kappa shape index (κ1) is 18.8. The molecule has 0 saturated carbocycles. The Morgan fingerprint density at radius 2 is 1.96 bits per heavy atom. The Labute approximate surface area is 146 Å². The van der Waals surface area contributed by atoms with Gasteiger partial charge in [-0.15, -0.1) is 0 Å². The molecule has 1 atom stereocenters. The number of rotatable bonds is 6. The van der Waals surface area contributed by atoms with E-state index in [0.29, 0.717) is 0 Å². The number of carbonyl (C=O) groups excluding carboxylic acids is 1. The van der Waals surface area contributed by atoms with E-state index < -0.39 is 6.10 Å². The molecule has 1 unspecified atom stereocenters. The van der Waals surface area contributed by atoms with Crippen molar-refractivity contribution in [2.45, 2.75) is 53.1 Å². The normalized spacial score (nSPS) is 17.5. The minimum Gasteiger partial charge on any atom is -0.481 e. The summed E-state index contributed by atoms with van der Waals surface area (Å²) in [7, 11) is 2.17. The number of aryl methyl sites for hydroxylation is 2. The van der Waals surface area contributed by atoms with Crippen molar-refractivity contribution in [3.05, 3.63) is 28.8 Å². The van der Waals surface area contributed by atoms with Crippen LogP contribution < -0.4 is 10.1 Å². The molecule has 0 radical (unpaired) electrons. The molecular weight excluding hydrogens is 300 g/mol. The number of hydrogen-bond acceptors (Lipinski definition) is 3. The minimum absolute atomic E-state index is 0.0264. The van der Waals surface area contributed by atoms with Crippen molar-refractivity contribution >= 4 is 5.91 Å². The number of carbonyl (C=O) groups is 1. The van der Waals surface area contributed by atoms with Gasteiger partial charge in [0.15, 0.2) is 6.10 Å². The Kier molecular flexibility index (Phi) is 6.67. The van der Waals surface area contributed by atoms with Crippen molar-refractivity contribution in [3.8, 4) is 5.75 Å². The lowest BCUT2D eigenvalue weighted by Crippen LogP contribution is -2.38. The van der Waals surface area contributed by atoms with Crippen LogP contribution >= 0.6 is 0 Å². The Morgan fingerprint density at radius 1 is 1.29 bits per heavy atom. The van der Waals surface area contributed by atoms with E-state index >= 15 is 0 Å². The van der Waals surface area contributed by atoms with Crippen molar-refractivity contribution in [1.82, 2.24) is 10.2 Å². The van der Waals surface area contributed by atoms with Crippen molar-refractivity contribution in [2.75, 3.05) is 26.7 Å². The van der Waals surface area contributed by atoms with Gasteiger partial charge >= 0.3 is 0 Å². The molecule has 4 nitrogen and oxygen atoms in total.